The number of carboxylic acids is 1. The summed E-state index contributed by atoms with van der Waals surface area (Å²) in [6, 6.07) is 0.264. The molecular formula is C11H15N3O4S2. The zero-order valence-corrected chi connectivity index (χ0v) is 12.4. The van der Waals surface area contributed by atoms with E-state index < -0.39 is 16.0 Å². The van der Waals surface area contributed by atoms with Crippen LogP contribution in [0.3, 0.4) is 0 Å². The Labute approximate surface area is 120 Å². The van der Waals surface area contributed by atoms with Crippen molar-refractivity contribution in [3.63, 3.8) is 0 Å². The number of hydrogen-bond donors (Lipinski definition) is 1. The van der Waals surface area contributed by atoms with Crippen LogP contribution in [0.4, 0.5) is 0 Å². The molecule has 1 N–H and O–H groups in total. The number of sulfonamides is 1. The first-order valence-corrected chi connectivity index (χ1v) is 8.73. The van der Waals surface area contributed by atoms with Crippen molar-refractivity contribution in [1.82, 2.24) is 14.2 Å². The summed E-state index contributed by atoms with van der Waals surface area (Å²) in [6.45, 7) is 2.60. The number of aromatic carboxylic acids is 1. The summed E-state index contributed by atoms with van der Waals surface area (Å²) in [5.41, 5.74) is 0.895. The molecule has 110 valence electrons. The van der Waals surface area contributed by atoms with Crippen LogP contribution in [-0.2, 0) is 10.0 Å². The maximum atomic E-state index is 12.6. The lowest BCUT2D eigenvalue weighted by Gasteiger charge is -2.36. The second kappa shape index (κ2) is 5.06. The number of aromatic nitrogens is 1. The zero-order chi connectivity index (χ0) is 14.3. The monoisotopic (exact) mass is 317 g/mol. The lowest BCUT2D eigenvalue weighted by molar-refractivity contribution is 0.0687. The number of fused-ring (bicyclic) bond motifs is 1. The van der Waals surface area contributed by atoms with Gasteiger partial charge in [0.25, 0.3) is 10.0 Å². The molecule has 3 heterocycles. The fraction of sp³-hybridized carbons (Fsp3) is 0.636. The molecule has 2 fully saturated rings. The molecule has 0 aromatic carbocycles. The highest BCUT2D eigenvalue weighted by atomic mass is 32.2. The fourth-order valence-electron chi connectivity index (χ4n) is 2.86. The van der Waals surface area contributed by atoms with Gasteiger partial charge in [0, 0.05) is 25.7 Å². The number of piperazine rings is 1. The third kappa shape index (κ3) is 2.24. The molecule has 1 aromatic heterocycles. The van der Waals surface area contributed by atoms with Gasteiger partial charge in [-0.25, -0.2) is 18.2 Å². The van der Waals surface area contributed by atoms with Crippen molar-refractivity contribution >= 4 is 27.3 Å². The molecular weight excluding hydrogens is 302 g/mol. The van der Waals surface area contributed by atoms with E-state index in [9.17, 15) is 13.2 Å². The third-order valence-corrected chi connectivity index (χ3v) is 7.07. The van der Waals surface area contributed by atoms with E-state index in [1.807, 2.05) is 0 Å². The molecule has 2 aliphatic heterocycles. The number of rotatable bonds is 3. The van der Waals surface area contributed by atoms with Gasteiger partial charge in [0.15, 0.2) is 9.90 Å². The van der Waals surface area contributed by atoms with Crippen molar-refractivity contribution in [3.05, 3.63) is 11.2 Å². The van der Waals surface area contributed by atoms with E-state index in [1.54, 1.807) is 0 Å². The van der Waals surface area contributed by atoms with Crippen LogP contribution in [0.2, 0.25) is 0 Å². The molecule has 20 heavy (non-hydrogen) atoms. The molecule has 0 bridgehead atoms. The topological polar surface area (TPSA) is 90.8 Å². The van der Waals surface area contributed by atoms with Gasteiger partial charge in [-0.1, -0.05) is 0 Å². The smallest absolute Gasteiger partial charge is 0.356 e. The maximum Gasteiger partial charge on any atom is 0.356 e. The first-order valence-electron chi connectivity index (χ1n) is 6.41. The van der Waals surface area contributed by atoms with Crippen molar-refractivity contribution in [2.75, 3.05) is 26.2 Å². The second-order valence-corrected chi connectivity index (χ2v) is 7.98. The highest BCUT2D eigenvalue weighted by molar-refractivity contribution is 7.91. The third-order valence-electron chi connectivity index (χ3n) is 3.86. The van der Waals surface area contributed by atoms with Crippen LogP contribution in [0.15, 0.2) is 9.72 Å². The van der Waals surface area contributed by atoms with Gasteiger partial charge in [-0.05, 0) is 19.4 Å². The first kappa shape index (κ1) is 13.9. The Bertz CT molecular complexity index is 627. The Hall–Kier alpha value is -1.03. The molecule has 0 radical (unpaired) electrons. The van der Waals surface area contributed by atoms with E-state index in [0.29, 0.717) is 19.6 Å². The van der Waals surface area contributed by atoms with E-state index in [0.717, 1.165) is 30.7 Å². The first-order chi connectivity index (χ1) is 9.50. The summed E-state index contributed by atoms with van der Waals surface area (Å²) in [4.78, 5) is 17.0. The number of carboxylic acid groups (broad SMARTS) is 1. The molecule has 0 amide bonds. The molecule has 2 saturated heterocycles. The van der Waals surface area contributed by atoms with Gasteiger partial charge in [0.2, 0.25) is 0 Å². The summed E-state index contributed by atoms with van der Waals surface area (Å²) in [6.07, 6.45) is 2.10. The number of carbonyl (C=O) groups is 1. The minimum absolute atomic E-state index is 0.156. The zero-order valence-electron chi connectivity index (χ0n) is 10.7. The van der Waals surface area contributed by atoms with Gasteiger partial charge in [0.05, 0.1) is 5.51 Å². The minimum Gasteiger partial charge on any atom is -0.476 e. The van der Waals surface area contributed by atoms with Gasteiger partial charge in [-0.3, -0.25) is 4.90 Å². The highest BCUT2D eigenvalue weighted by Crippen LogP contribution is 2.29. The van der Waals surface area contributed by atoms with Crippen molar-refractivity contribution < 1.29 is 18.3 Å². The number of hydrogen-bond acceptors (Lipinski definition) is 6. The summed E-state index contributed by atoms with van der Waals surface area (Å²) >= 11 is 0.869. The SMILES string of the molecule is O=C(O)c1ncsc1S(=O)(=O)N1CCN2CCCC2C1. The van der Waals surface area contributed by atoms with Crippen LogP contribution in [-0.4, -0.2) is 65.9 Å². The molecule has 2 aliphatic rings. The quantitative estimate of drug-likeness (QED) is 0.863. The molecule has 9 heteroatoms. The van der Waals surface area contributed by atoms with Crippen molar-refractivity contribution in [2.45, 2.75) is 23.1 Å². The largest absolute Gasteiger partial charge is 0.476 e. The average molecular weight is 317 g/mol. The Balaban J connectivity index is 1.88. The van der Waals surface area contributed by atoms with E-state index in [1.165, 1.54) is 9.82 Å². The molecule has 1 unspecified atom stereocenters. The lowest BCUT2D eigenvalue weighted by atomic mass is 10.2. The predicted molar refractivity (Wildman–Crippen MR) is 72.4 cm³/mol. The van der Waals surface area contributed by atoms with Crippen LogP contribution in [0.1, 0.15) is 23.3 Å². The molecule has 0 aliphatic carbocycles. The van der Waals surface area contributed by atoms with Crippen LogP contribution in [0.25, 0.3) is 0 Å². The fourth-order valence-corrected chi connectivity index (χ4v) is 5.61. The summed E-state index contributed by atoms with van der Waals surface area (Å²) < 4.78 is 26.4. The highest BCUT2D eigenvalue weighted by Gasteiger charge is 2.38. The normalized spacial score (nSPS) is 24.7. The predicted octanol–water partition coefficient (Wildman–Crippen LogP) is 0.310. The Morgan fingerprint density at radius 2 is 2.20 bits per heavy atom. The van der Waals surface area contributed by atoms with E-state index in [2.05, 4.69) is 9.88 Å². The lowest BCUT2D eigenvalue weighted by Crippen LogP contribution is -2.51. The van der Waals surface area contributed by atoms with Gasteiger partial charge >= 0.3 is 5.97 Å². The van der Waals surface area contributed by atoms with Crippen LogP contribution < -0.4 is 0 Å². The average Bonchev–Trinajstić information content (AvgIpc) is 3.06. The van der Waals surface area contributed by atoms with Crippen LogP contribution >= 0.6 is 11.3 Å². The maximum absolute atomic E-state index is 12.6. The van der Waals surface area contributed by atoms with Gasteiger partial charge < -0.3 is 5.11 Å². The van der Waals surface area contributed by atoms with E-state index >= 15 is 0 Å². The molecule has 3 rings (SSSR count). The Morgan fingerprint density at radius 3 is 2.95 bits per heavy atom. The van der Waals surface area contributed by atoms with Crippen molar-refractivity contribution in [1.29, 1.82) is 0 Å². The Morgan fingerprint density at radius 1 is 1.40 bits per heavy atom. The van der Waals surface area contributed by atoms with Crippen molar-refractivity contribution in [3.8, 4) is 0 Å². The summed E-state index contributed by atoms with van der Waals surface area (Å²) in [5, 5.41) is 9.02. The van der Waals surface area contributed by atoms with Gasteiger partial charge in [0.1, 0.15) is 0 Å². The summed E-state index contributed by atoms with van der Waals surface area (Å²) in [5.74, 6) is -1.30. The standard InChI is InChI=1S/C11H15N3O4S2/c15-10(16)9-11(19-7-12-9)20(17,18)14-5-4-13-3-1-2-8(13)6-14/h7-8H,1-6H2,(H,15,16). The van der Waals surface area contributed by atoms with Crippen LogP contribution in [0, 0.1) is 0 Å². The minimum atomic E-state index is -3.75. The second-order valence-electron chi connectivity index (χ2n) is 4.99. The van der Waals surface area contributed by atoms with E-state index in [-0.39, 0.29) is 15.9 Å². The van der Waals surface area contributed by atoms with Crippen molar-refractivity contribution in [2.24, 2.45) is 0 Å². The van der Waals surface area contributed by atoms with E-state index in [4.69, 9.17) is 5.11 Å². The molecule has 7 nitrogen and oxygen atoms in total. The molecule has 0 saturated carbocycles. The number of nitrogens with zero attached hydrogens (tertiary/aromatic N) is 3. The molecule has 0 spiro atoms. The van der Waals surface area contributed by atoms with Gasteiger partial charge in [-0.15, -0.1) is 11.3 Å². The van der Waals surface area contributed by atoms with Gasteiger partial charge in [-0.2, -0.15) is 4.31 Å². The number of thiazole rings is 1. The molecule has 1 aromatic rings. The Kier molecular flexibility index (Phi) is 3.53. The van der Waals surface area contributed by atoms with Crippen LogP contribution in [0.5, 0.6) is 0 Å². The molecule has 1 atom stereocenters. The summed E-state index contributed by atoms with van der Waals surface area (Å²) in [7, 11) is -3.75.